The van der Waals surface area contributed by atoms with Crippen LogP contribution in [0.3, 0.4) is 0 Å². The van der Waals surface area contributed by atoms with Crippen molar-refractivity contribution < 1.29 is 4.74 Å². The molecule has 0 radical (unpaired) electrons. The predicted octanol–water partition coefficient (Wildman–Crippen LogP) is 2.60. The monoisotopic (exact) mass is 229 g/mol. The molecule has 0 bridgehead atoms. The van der Waals surface area contributed by atoms with Crippen LogP contribution in [0.25, 0.3) is 0 Å². The first-order valence-corrected chi connectivity index (χ1v) is 5.48. The number of aromatic nitrogens is 2. The topological polar surface area (TPSA) is 61.0 Å². The summed E-state index contributed by atoms with van der Waals surface area (Å²) in [6, 6.07) is 7.41. The molecule has 0 saturated heterocycles. The molecule has 17 heavy (non-hydrogen) atoms. The molecule has 88 valence electrons. The van der Waals surface area contributed by atoms with Crippen molar-refractivity contribution in [2.24, 2.45) is 5.73 Å². The van der Waals surface area contributed by atoms with Gasteiger partial charge in [-0.25, -0.2) is 4.98 Å². The zero-order chi connectivity index (χ0) is 12.3. The SMILES string of the molecule is Cc1ncccc1Oc1ccc(C(C)N)cn1. The third-order valence-electron chi connectivity index (χ3n) is 2.46. The van der Waals surface area contributed by atoms with Gasteiger partial charge in [0.1, 0.15) is 0 Å². The van der Waals surface area contributed by atoms with Gasteiger partial charge in [0.15, 0.2) is 5.75 Å². The van der Waals surface area contributed by atoms with E-state index in [4.69, 9.17) is 10.5 Å². The molecule has 0 spiro atoms. The van der Waals surface area contributed by atoms with Crippen LogP contribution in [0, 0.1) is 6.92 Å². The van der Waals surface area contributed by atoms with E-state index >= 15 is 0 Å². The normalized spacial score (nSPS) is 12.2. The third-order valence-corrected chi connectivity index (χ3v) is 2.46. The summed E-state index contributed by atoms with van der Waals surface area (Å²) >= 11 is 0. The van der Waals surface area contributed by atoms with Crippen LogP contribution < -0.4 is 10.5 Å². The molecule has 2 aromatic heterocycles. The molecule has 1 unspecified atom stereocenters. The van der Waals surface area contributed by atoms with Crippen molar-refractivity contribution in [3.63, 3.8) is 0 Å². The second-order valence-electron chi connectivity index (χ2n) is 3.91. The maximum Gasteiger partial charge on any atom is 0.219 e. The summed E-state index contributed by atoms with van der Waals surface area (Å²) in [6.07, 6.45) is 3.46. The lowest BCUT2D eigenvalue weighted by atomic mass is 10.2. The number of pyridine rings is 2. The average molecular weight is 229 g/mol. The summed E-state index contributed by atoms with van der Waals surface area (Å²) in [5.74, 6) is 1.26. The molecule has 0 saturated carbocycles. The molecule has 4 nitrogen and oxygen atoms in total. The second kappa shape index (κ2) is 4.93. The third kappa shape index (κ3) is 2.79. The van der Waals surface area contributed by atoms with E-state index in [1.54, 1.807) is 12.4 Å². The van der Waals surface area contributed by atoms with Gasteiger partial charge >= 0.3 is 0 Å². The van der Waals surface area contributed by atoms with Crippen LogP contribution in [0.15, 0.2) is 36.7 Å². The summed E-state index contributed by atoms with van der Waals surface area (Å²) in [5, 5.41) is 0. The Balaban J connectivity index is 2.17. The predicted molar refractivity (Wildman–Crippen MR) is 65.9 cm³/mol. The van der Waals surface area contributed by atoms with Crippen molar-refractivity contribution in [1.82, 2.24) is 9.97 Å². The van der Waals surface area contributed by atoms with E-state index in [2.05, 4.69) is 9.97 Å². The first kappa shape index (κ1) is 11.5. The van der Waals surface area contributed by atoms with E-state index in [-0.39, 0.29) is 6.04 Å². The van der Waals surface area contributed by atoms with Crippen LogP contribution in [-0.4, -0.2) is 9.97 Å². The van der Waals surface area contributed by atoms with Gasteiger partial charge in [-0.15, -0.1) is 0 Å². The van der Waals surface area contributed by atoms with Gasteiger partial charge in [-0.05, 0) is 31.5 Å². The highest BCUT2D eigenvalue weighted by Gasteiger charge is 2.04. The first-order chi connectivity index (χ1) is 8.16. The fraction of sp³-hybridized carbons (Fsp3) is 0.231. The zero-order valence-electron chi connectivity index (χ0n) is 9.92. The maximum atomic E-state index is 5.75. The van der Waals surface area contributed by atoms with Gasteiger partial charge in [0.25, 0.3) is 0 Å². The Morgan fingerprint density at radius 2 is 2.06 bits per heavy atom. The Labute approximate surface area is 100 Å². The molecule has 2 N–H and O–H groups in total. The molecule has 0 aromatic carbocycles. The van der Waals surface area contributed by atoms with Crippen LogP contribution in [0.2, 0.25) is 0 Å². The van der Waals surface area contributed by atoms with Crippen LogP contribution in [0.4, 0.5) is 0 Å². The molecule has 2 heterocycles. The Morgan fingerprint density at radius 1 is 1.24 bits per heavy atom. The van der Waals surface area contributed by atoms with Crippen molar-refractivity contribution in [2.75, 3.05) is 0 Å². The van der Waals surface area contributed by atoms with E-state index in [1.807, 2.05) is 38.1 Å². The molecule has 2 rings (SSSR count). The van der Waals surface area contributed by atoms with Gasteiger partial charge in [0.05, 0.1) is 5.69 Å². The highest BCUT2D eigenvalue weighted by molar-refractivity contribution is 5.30. The standard InChI is InChI=1S/C13H15N3O/c1-9(14)11-5-6-13(16-8-11)17-12-4-3-7-15-10(12)2/h3-9H,14H2,1-2H3. The van der Waals surface area contributed by atoms with Gasteiger partial charge in [0.2, 0.25) is 5.88 Å². The molecule has 2 aromatic rings. The van der Waals surface area contributed by atoms with Gasteiger partial charge < -0.3 is 10.5 Å². The van der Waals surface area contributed by atoms with Crippen LogP contribution in [0.5, 0.6) is 11.6 Å². The van der Waals surface area contributed by atoms with Gasteiger partial charge in [-0.2, -0.15) is 0 Å². The minimum absolute atomic E-state index is 0.0170. The molecule has 4 heteroatoms. The van der Waals surface area contributed by atoms with E-state index in [1.165, 1.54) is 0 Å². The molecule has 0 aliphatic heterocycles. The number of hydrogen-bond acceptors (Lipinski definition) is 4. The van der Waals surface area contributed by atoms with Gasteiger partial charge in [-0.3, -0.25) is 4.98 Å². The Hall–Kier alpha value is -1.94. The van der Waals surface area contributed by atoms with Crippen molar-refractivity contribution in [1.29, 1.82) is 0 Å². The number of ether oxygens (including phenoxy) is 1. The number of rotatable bonds is 3. The number of nitrogens with zero attached hydrogens (tertiary/aromatic N) is 2. The van der Waals surface area contributed by atoms with Gasteiger partial charge in [-0.1, -0.05) is 6.07 Å². The summed E-state index contributed by atoms with van der Waals surface area (Å²) in [4.78, 5) is 8.35. The lowest BCUT2D eigenvalue weighted by Gasteiger charge is -2.08. The lowest BCUT2D eigenvalue weighted by molar-refractivity contribution is 0.456. The van der Waals surface area contributed by atoms with Crippen molar-refractivity contribution >= 4 is 0 Å². The van der Waals surface area contributed by atoms with Crippen molar-refractivity contribution in [3.8, 4) is 11.6 Å². The molecular weight excluding hydrogens is 214 g/mol. The molecule has 0 fully saturated rings. The van der Waals surface area contributed by atoms with Crippen molar-refractivity contribution in [3.05, 3.63) is 47.9 Å². The highest BCUT2D eigenvalue weighted by atomic mass is 16.5. The fourth-order valence-corrected chi connectivity index (χ4v) is 1.41. The van der Waals surface area contributed by atoms with E-state index in [0.717, 1.165) is 11.3 Å². The summed E-state index contributed by atoms with van der Waals surface area (Å²) in [6.45, 7) is 3.81. The zero-order valence-corrected chi connectivity index (χ0v) is 9.92. The smallest absolute Gasteiger partial charge is 0.219 e. The molecule has 0 amide bonds. The fourth-order valence-electron chi connectivity index (χ4n) is 1.41. The summed E-state index contributed by atoms with van der Waals surface area (Å²) in [7, 11) is 0. The second-order valence-corrected chi connectivity index (χ2v) is 3.91. The summed E-state index contributed by atoms with van der Waals surface area (Å²) in [5.41, 5.74) is 7.57. The highest BCUT2D eigenvalue weighted by Crippen LogP contribution is 2.22. The molecule has 1 atom stereocenters. The molecule has 0 aliphatic carbocycles. The van der Waals surface area contributed by atoms with E-state index in [0.29, 0.717) is 11.6 Å². The minimum Gasteiger partial charge on any atom is -0.437 e. The molecular formula is C13H15N3O. The quantitative estimate of drug-likeness (QED) is 0.878. The number of nitrogens with two attached hydrogens (primary N) is 1. The number of aryl methyl sites for hydroxylation is 1. The van der Waals surface area contributed by atoms with Gasteiger partial charge in [0, 0.05) is 24.5 Å². The van der Waals surface area contributed by atoms with Crippen LogP contribution >= 0.6 is 0 Å². The van der Waals surface area contributed by atoms with Crippen molar-refractivity contribution in [2.45, 2.75) is 19.9 Å². The maximum absolute atomic E-state index is 5.75. The Kier molecular flexibility index (Phi) is 3.35. The minimum atomic E-state index is -0.0170. The molecule has 0 aliphatic rings. The first-order valence-electron chi connectivity index (χ1n) is 5.48. The van der Waals surface area contributed by atoms with Crippen LogP contribution in [-0.2, 0) is 0 Å². The Bertz CT molecular complexity index is 494. The van der Waals surface area contributed by atoms with Crippen LogP contribution in [0.1, 0.15) is 24.2 Å². The average Bonchev–Trinajstić information content (AvgIpc) is 2.33. The Morgan fingerprint density at radius 3 is 2.65 bits per heavy atom. The largest absolute Gasteiger partial charge is 0.437 e. The van der Waals surface area contributed by atoms with E-state index < -0.39 is 0 Å². The van der Waals surface area contributed by atoms with E-state index in [9.17, 15) is 0 Å². The lowest BCUT2D eigenvalue weighted by Crippen LogP contribution is -2.05. The number of hydrogen-bond donors (Lipinski definition) is 1. The summed E-state index contributed by atoms with van der Waals surface area (Å²) < 4.78 is 5.63.